The molecule has 3 fully saturated rings. The number of unbranched alkanes of at least 4 members (excludes halogenated alkanes) is 2. The number of carbonyl (C=O) groups excluding carboxylic acids is 17. The zero-order valence-corrected chi connectivity index (χ0v) is 78.9. The lowest BCUT2D eigenvalue weighted by Crippen LogP contribution is -2.62. The molecule has 43 nitrogen and oxygen atoms in total. The Balaban J connectivity index is 1.10. The summed E-state index contributed by atoms with van der Waals surface area (Å²) in [5.41, 5.74) is 20.8. The summed E-state index contributed by atoms with van der Waals surface area (Å²) >= 11 is 0.793. The number of aromatic amines is 3. The number of carbonyl (C=O) groups is 17. The number of aliphatic hydroxyl groups is 2. The van der Waals surface area contributed by atoms with Crippen LogP contribution in [0.2, 0.25) is 0 Å². The van der Waals surface area contributed by atoms with Gasteiger partial charge in [0.15, 0.2) is 5.96 Å². The standard InChI is InChI=1S/C92H130N24O19S/c1-10-12-25-71-84(128)104-62(24-18-32-98-92(95)96)80(124)111-70(79(123)101-44-76(94)120)47-136-48-77(121)103-66(35-53-30-28-51(5)29-31-53)87(131)112(7)52(6)78(122)107-68(40-75(93)119)89(133)115-33-19-27-72(115)85(129)106-64(38-56-43-97-49-102-56)82(126)108-65(34-50(3)4)90(134)116-45-57(118)39-74(116)86(130)105-63(36-54-41-99-60-22-16-14-20-58(54)60)81(125)110-69(46-117)83(127)109-67(37-55-42-100-61-23-17-15-21-59(55)61)88(132)114(9)73(26-13-11-2)91(135)113(71)8/h14-17,20-23,28-31,41-43,49-50,52,57,62-74,99-100,117-118H,10-13,18-19,24-27,32-40,44-48H2,1-9H3,(H2,93,119)(H2,94,120)(H,97,102)(H,101,123)(H,103,121)(H,104,128)(H,105,130)(H,106,129)(H,107,122)(H,108,126)(H,109,127)(H,110,125)(H,111,124)(H4,95,96,98)/t52-,57+,62-,63-,64-,65-,66-,67-,68+,69-,70-,71-,72-,73-,74-/m0/s1. The minimum atomic E-state index is -1.89. The van der Waals surface area contributed by atoms with Crippen LogP contribution in [0.4, 0.5) is 0 Å². The lowest BCUT2D eigenvalue weighted by molar-refractivity contribution is -0.149. The van der Waals surface area contributed by atoms with Gasteiger partial charge in [0.2, 0.25) is 100 Å². The molecule has 738 valence electrons. The highest BCUT2D eigenvalue weighted by atomic mass is 32.2. The van der Waals surface area contributed by atoms with Crippen molar-refractivity contribution in [3.63, 3.8) is 0 Å². The number of likely N-dealkylation sites (N-methyl/N-ethyl adjacent to an activating group) is 3. The number of H-pyrrole nitrogens is 3. The van der Waals surface area contributed by atoms with Crippen molar-refractivity contribution in [1.29, 1.82) is 5.41 Å². The summed E-state index contributed by atoms with van der Waals surface area (Å²) < 4.78 is 0. The van der Waals surface area contributed by atoms with Crippen LogP contribution in [-0.2, 0) is 107 Å². The van der Waals surface area contributed by atoms with Crippen molar-refractivity contribution >= 4 is 140 Å². The molecule has 0 bridgehead atoms. The van der Waals surface area contributed by atoms with Crippen molar-refractivity contribution in [3.8, 4) is 0 Å². The minimum Gasteiger partial charge on any atom is -0.394 e. The average Bonchev–Trinajstić information content (AvgIpc) is 1.53. The molecule has 0 aliphatic carbocycles. The highest BCUT2D eigenvalue weighted by Gasteiger charge is 2.47. The number of aromatic nitrogens is 4. The van der Waals surface area contributed by atoms with Gasteiger partial charge in [-0.1, -0.05) is 120 Å². The van der Waals surface area contributed by atoms with Crippen molar-refractivity contribution in [2.75, 3.05) is 65.4 Å². The first kappa shape index (κ1) is 106. The van der Waals surface area contributed by atoms with E-state index >= 15 is 38.4 Å². The van der Waals surface area contributed by atoms with Crippen molar-refractivity contribution in [2.45, 2.75) is 241 Å². The van der Waals surface area contributed by atoms with E-state index in [0.717, 1.165) is 41.8 Å². The number of imidazole rings is 1. The van der Waals surface area contributed by atoms with Crippen LogP contribution >= 0.6 is 11.8 Å². The van der Waals surface area contributed by atoms with Gasteiger partial charge in [0.25, 0.3) is 0 Å². The SMILES string of the molecule is CCCC[C@H]1C(=O)N(C)[C@@H](CCCC)C(=O)N[C@@H](CCCNC(=N)N)C(=O)N[C@H](C(=O)NCC(N)=O)CSCC(=O)N[C@@H](Cc2ccc(C)cc2)C(=O)N(C)[C@@H](C)C(=O)N[C@H](CC(N)=O)C(=O)N2CCC[C@H]2C(=O)N[C@@H](Cc2cnc[nH]2)C(=O)N[C@@H](CC(C)C)C(=O)N2C[C@H](O)C[C@H]2C(=O)N[C@@H](Cc2c[nH]c3ccccc23)C(=O)N[C@@H](CO)C(=O)N[C@@H](Cc2c[nH]c3ccccc23)C(=O)N1C. The zero-order valence-electron chi connectivity index (χ0n) is 78.1. The van der Waals surface area contributed by atoms with E-state index in [2.05, 4.69) is 78.4 Å². The molecule has 44 heteroatoms. The number of benzene rings is 3. The highest BCUT2D eigenvalue weighted by Crippen LogP contribution is 2.28. The first-order valence-corrected chi connectivity index (χ1v) is 47.0. The van der Waals surface area contributed by atoms with E-state index in [4.69, 9.17) is 22.6 Å². The molecule has 0 saturated carbocycles. The van der Waals surface area contributed by atoms with Crippen LogP contribution in [0.5, 0.6) is 0 Å². The maximum Gasteiger partial charge on any atom is 0.246 e. The second kappa shape index (κ2) is 50.7. The first-order valence-electron chi connectivity index (χ1n) is 45.8. The number of nitrogens with one attached hydrogen (secondary N) is 15. The smallest absolute Gasteiger partial charge is 0.246 e. The van der Waals surface area contributed by atoms with Crippen LogP contribution in [0, 0.1) is 18.3 Å². The van der Waals surface area contributed by atoms with Gasteiger partial charge in [0, 0.05) is 125 Å². The van der Waals surface area contributed by atoms with Gasteiger partial charge in [-0.3, -0.25) is 86.9 Å². The maximum atomic E-state index is 15.8. The number of hydrogen-bond acceptors (Lipinski definition) is 22. The quantitative estimate of drug-likeness (QED) is 0.0154. The molecule has 3 aromatic heterocycles. The number of guanidine groups is 1. The molecule has 3 aliphatic heterocycles. The Kier molecular flexibility index (Phi) is 39.6. The summed E-state index contributed by atoms with van der Waals surface area (Å²) in [5.74, 6) is -17.5. The van der Waals surface area contributed by atoms with E-state index in [1.807, 2.05) is 20.8 Å². The zero-order chi connectivity index (χ0) is 99.3. The number of aryl methyl sites for hydroxylation is 1. The van der Waals surface area contributed by atoms with Crippen LogP contribution in [0.25, 0.3) is 21.8 Å². The molecule has 3 aliphatic rings. The van der Waals surface area contributed by atoms with Crippen molar-refractivity contribution in [1.82, 2.24) is 103 Å². The van der Waals surface area contributed by atoms with Crippen molar-refractivity contribution in [3.05, 3.63) is 126 Å². The van der Waals surface area contributed by atoms with E-state index in [1.54, 1.807) is 99.0 Å². The fraction of sp³-hybridized carbons (Fsp3) is 0.533. The molecule has 6 aromatic rings. The Bertz CT molecular complexity index is 5240. The van der Waals surface area contributed by atoms with Gasteiger partial charge in [0.1, 0.15) is 84.6 Å². The van der Waals surface area contributed by atoms with Gasteiger partial charge >= 0.3 is 0 Å². The summed E-state index contributed by atoms with van der Waals surface area (Å²) in [5, 5.41) is 61.1. The average molecular weight is 1910 g/mol. The van der Waals surface area contributed by atoms with Crippen LogP contribution in [0.3, 0.4) is 0 Å². The van der Waals surface area contributed by atoms with Crippen molar-refractivity contribution in [2.24, 2.45) is 23.1 Å². The molecule has 6 heterocycles. The van der Waals surface area contributed by atoms with Gasteiger partial charge in [-0.25, -0.2) is 4.98 Å². The Hall–Kier alpha value is -13.5. The lowest BCUT2D eigenvalue weighted by atomic mass is 10.00. The van der Waals surface area contributed by atoms with Crippen molar-refractivity contribution < 1.29 is 91.7 Å². The van der Waals surface area contributed by atoms with Crippen LogP contribution in [-0.4, -0.2) is 317 Å². The second-order valence-corrected chi connectivity index (χ2v) is 36.3. The second-order valence-electron chi connectivity index (χ2n) is 35.3. The van der Waals surface area contributed by atoms with Crippen LogP contribution in [0.1, 0.15) is 146 Å². The number of rotatable bonds is 26. The Labute approximate surface area is 791 Å². The number of hydrogen-bond donors (Lipinski definition) is 20. The van der Waals surface area contributed by atoms with Gasteiger partial charge in [-0.05, 0) is 93.5 Å². The number of aliphatic hydroxyl groups excluding tert-OH is 2. The third-order valence-corrected chi connectivity index (χ3v) is 25.5. The largest absolute Gasteiger partial charge is 0.394 e. The monoisotopic (exact) mass is 1910 g/mol. The third-order valence-electron chi connectivity index (χ3n) is 24.5. The maximum absolute atomic E-state index is 15.8. The van der Waals surface area contributed by atoms with Gasteiger partial charge in [0.05, 0.1) is 37.8 Å². The van der Waals surface area contributed by atoms with Crippen LogP contribution in [0.15, 0.2) is 97.7 Å². The molecule has 23 N–H and O–H groups in total. The molecule has 0 spiro atoms. The molecule has 136 heavy (non-hydrogen) atoms. The summed E-state index contributed by atoms with van der Waals surface area (Å²) in [6.45, 7) is 7.94. The number of thioether (sulfide) groups is 1. The summed E-state index contributed by atoms with van der Waals surface area (Å²) in [6, 6.07) is -0.605. The fourth-order valence-corrected chi connectivity index (χ4v) is 17.7. The molecule has 17 amide bonds. The Morgan fingerprint density at radius 3 is 1.68 bits per heavy atom. The predicted octanol–water partition coefficient (Wildman–Crippen LogP) is -2.33. The molecule has 3 aromatic carbocycles. The normalized spacial score (nSPS) is 24.7. The fourth-order valence-electron chi connectivity index (χ4n) is 16.9. The molecule has 15 atom stereocenters. The number of para-hydroxylation sites is 2. The number of nitrogens with zero attached hydrogens (tertiary/aromatic N) is 6. The topological polar surface area (TPSA) is 641 Å². The Morgan fingerprint density at radius 1 is 0.551 bits per heavy atom. The number of amides is 17. The molecular formula is C92H130N24O19S. The first-order chi connectivity index (χ1) is 64.8. The molecular weight excluding hydrogens is 1780 g/mol. The summed E-state index contributed by atoms with van der Waals surface area (Å²) in [7, 11) is 3.96. The van der Waals surface area contributed by atoms with Gasteiger partial charge < -0.3 is 125 Å². The van der Waals surface area contributed by atoms with Crippen LogP contribution < -0.4 is 75.7 Å². The molecule has 0 radical (unpaired) electrons. The minimum absolute atomic E-state index is 0.00461. The van der Waals surface area contributed by atoms with E-state index < -0.39 is 235 Å². The van der Waals surface area contributed by atoms with Gasteiger partial charge in [-0.15, -0.1) is 11.8 Å². The Morgan fingerprint density at radius 2 is 1.09 bits per heavy atom. The van der Waals surface area contributed by atoms with E-state index in [0.29, 0.717) is 69.9 Å². The number of nitrogens with two attached hydrogens (primary N) is 3. The number of primary amides is 2. The summed E-state index contributed by atoms with van der Waals surface area (Å²) in [4.78, 5) is 270. The molecule has 9 rings (SSSR count). The molecule has 3 saturated heterocycles. The predicted molar refractivity (Wildman–Crippen MR) is 503 cm³/mol. The highest BCUT2D eigenvalue weighted by molar-refractivity contribution is 8.00. The lowest BCUT2D eigenvalue weighted by Gasteiger charge is -2.36. The van der Waals surface area contributed by atoms with Gasteiger partial charge in [-0.2, -0.15) is 0 Å². The van der Waals surface area contributed by atoms with E-state index in [1.165, 1.54) is 40.6 Å². The van der Waals surface area contributed by atoms with E-state index in [9.17, 15) is 53.4 Å². The number of fused-ring (bicyclic) bond motifs is 4. The summed E-state index contributed by atoms with van der Waals surface area (Å²) in [6.07, 6.45) is 3.93. The molecule has 0 unspecified atom stereocenters. The van der Waals surface area contributed by atoms with E-state index in [-0.39, 0.29) is 96.1 Å². The third kappa shape index (κ3) is 29.5.